The molecule has 0 aliphatic carbocycles. The van der Waals surface area contributed by atoms with Crippen molar-refractivity contribution < 1.29 is 4.42 Å². The van der Waals surface area contributed by atoms with E-state index < -0.39 is 0 Å². The molecule has 1 aliphatic rings. The molecule has 1 fully saturated rings. The van der Waals surface area contributed by atoms with Crippen LogP contribution in [0.3, 0.4) is 0 Å². The smallest absolute Gasteiger partial charge is 0.209 e. The predicted octanol–water partition coefficient (Wildman–Crippen LogP) is 3.71. The summed E-state index contributed by atoms with van der Waals surface area (Å²) >= 11 is 5.93. The van der Waals surface area contributed by atoms with E-state index in [2.05, 4.69) is 25.8 Å². The Bertz CT molecular complexity index is 811. The third-order valence-electron chi connectivity index (χ3n) is 4.39. The van der Waals surface area contributed by atoms with E-state index >= 15 is 0 Å². The second-order valence-corrected chi connectivity index (χ2v) is 6.51. The largest absolute Gasteiger partial charge is 0.439 e. The Labute approximate surface area is 151 Å². The van der Waals surface area contributed by atoms with Gasteiger partial charge in [0.05, 0.1) is 12.7 Å². The number of halogens is 1. The molecule has 2 aromatic heterocycles. The first-order valence-corrected chi connectivity index (χ1v) is 8.75. The summed E-state index contributed by atoms with van der Waals surface area (Å²) in [5.74, 6) is 2.57. The number of anilines is 1. The molecule has 1 aliphatic heterocycles. The van der Waals surface area contributed by atoms with Gasteiger partial charge in [0.15, 0.2) is 5.76 Å². The van der Waals surface area contributed by atoms with Crippen LogP contribution in [-0.4, -0.2) is 41.0 Å². The molecule has 0 unspecified atom stereocenters. The Morgan fingerprint density at radius 1 is 0.960 bits per heavy atom. The van der Waals surface area contributed by atoms with E-state index in [4.69, 9.17) is 16.0 Å². The number of hydrogen-bond acceptors (Lipinski definition) is 5. The fourth-order valence-electron chi connectivity index (χ4n) is 3.00. The highest BCUT2D eigenvalue weighted by atomic mass is 35.5. The molecule has 0 N–H and O–H groups in total. The molecule has 1 saturated heterocycles. The Morgan fingerprint density at radius 3 is 2.48 bits per heavy atom. The molecule has 6 heteroatoms. The van der Waals surface area contributed by atoms with Crippen LogP contribution < -0.4 is 4.90 Å². The zero-order valence-corrected chi connectivity index (χ0v) is 14.6. The average Bonchev–Trinajstić information content (AvgIpc) is 3.12. The van der Waals surface area contributed by atoms with E-state index in [0.717, 1.165) is 55.8 Å². The van der Waals surface area contributed by atoms with Gasteiger partial charge in [0.2, 0.25) is 5.89 Å². The second-order valence-electron chi connectivity index (χ2n) is 6.08. The van der Waals surface area contributed by atoms with E-state index in [9.17, 15) is 0 Å². The van der Waals surface area contributed by atoms with Crippen molar-refractivity contribution in [1.82, 2.24) is 14.9 Å². The monoisotopic (exact) mass is 354 g/mol. The zero-order chi connectivity index (χ0) is 17.1. The maximum absolute atomic E-state index is 5.93. The highest BCUT2D eigenvalue weighted by molar-refractivity contribution is 6.30. The number of benzene rings is 1. The van der Waals surface area contributed by atoms with E-state index in [-0.39, 0.29) is 0 Å². The molecule has 0 bridgehead atoms. The molecule has 128 valence electrons. The first-order valence-electron chi connectivity index (χ1n) is 8.37. The van der Waals surface area contributed by atoms with Gasteiger partial charge in [-0.3, -0.25) is 4.90 Å². The molecular weight excluding hydrogens is 336 g/mol. The lowest BCUT2D eigenvalue weighted by molar-refractivity contribution is 0.226. The van der Waals surface area contributed by atoms with Gasteiger partial charge in [0.1, 0.15) is 5.82 Å². The van der Waals surface area contributed by atoms with Crippen molar-refractivity contribution in [2.75, 3.05) is 31.1 Å². The van der Waals surface area contributed by atoms with E-state index in [1.54, 1.807) is 6.20 Å². The molecule has 0 radical (unpaired) electrons. The van der Waals surface area contributed by atoms with E-state index in [1.807, 2.05) is 42.6 Å². The number of pyridine rings is 1. The number of aromatic nitrogens is 2. The molecule has 0 amide bonds. The van der Waals surface area contributed by atoms with Crippen molar-refractivity contribution in [2.24, 2.45) is 0 Å². The van der Waals surface area contributed by atoms with Gasteiger partial charge < -0.3 is 9.32 Å². The van der Waals surface area contributed by atoms with Crippen molar-refractivity contribution in [3.63, 3.8) is 0 Å². The molecule has 0 atom stereocenters. The topological polar surface area (TPSA) is 45.4 Å². The molecular formula is C19H19ClN4O. The van der Waals surface area contributed by atoms with Crippen LogP contribution in [0.15, 0.2) is 59.3 Å². The first-order chi connectivity index (χ1) is 12.3. The lowest BCUT2D eigenvalue weighted by atomic mass is 10.2. The van der Waals surface area contributed by atoms with Gasteiger partial charge in [-0.05, 0) is 36.4 Å². The molecule has 3 aromatic rings. The summed E-state index contributed by atoms with van der Waals surface area (Å²) in [4.78, 5) is 13.5. The Kier molecular flexibility index (Phi) is 4.68. The van der Waals surface area contributed by atoms with Gasteiger partial charge in [-0.2, -0.15) is 0 Å². The van der Waals surface area contributed by atoms with Crippen molar-refractivity contribution >= 4 is 17.4 Å². The predicted molar refractivity (Wildman–Crippen MR) is 98.7 cm³/mol. The quantitative estimate of drug-likeness (QED) is 0.714. The Morgan fingerprint density at radius 2 is 1.76 bits per heavy atom. The third-order valence-corrected chi connectivity index (χ3v) is 4.64. The van der Waals surface area contributed by atoms with Crippen LogP contribution in [0.1, 0.15) is 5.89 Å². The highest BCUT2D eigenvalue weighted by Crippen LogP contribution is 2.23. The first kappa shape index (κ1) is 16.1. The van der Waals surface area contributed by atoms with Crippen molar-refractivity contribution in [2.45, 2.75) is 6.54 Å². The van der Waals surface area contributed by atoms with Crippen molar-refractivity contribution in [3.05, 3.63) is 65.8 Å². The van der Waals surface area contributed by atoms with Gasteiger partial charge in [0.25, 0.3) is 0 Å². The lowest BCUT2D eigenvalue weighted by Gasteiger charge is -2.34. The van der Waals surface area contributed by atoms with Gasteiger partial charge in [0, 0.05) is 43.0 Å². The summed E-state index contributed by atoms with van der Waals surface area (Å²) in [5, 5.41) is 0.717. The second kappa shape index (κ2) is 7.25. The fourth-order valence-corrected chi connectivity index (χ4v) is 3.12. The fraction of sp³-hybridized carbons (Fsp3) is 0.263. The normalized spacial score (nSPS) is 15.5. The molecule has 25 heavy (non-hydrogen) atoms. The van der Waals surface area contributed by atoms with Gasteiger partial charge in [-0.25, -0.2) is 9.97 Å². The summed E-state index contributed by atoms with van der Waals surface area (Å²) in [6.45, 7) is 4.58. The molecule has 0 spiro atoms. The van der Waals surface area contributed by atoms with Gasteiger partial charge >= 0.3 is 0 Å². The van der Waals surface area contributed by atoms with Crippen LogP contribution in [0.4, 0.5) is 5.82 Å². The lowest BCUT2D eigenvalue weighted by Crippen LogP contribution is -2.46. The zero-order valence-electron chi connectivity index (χ0n) is 13.8. The summed E-state index contributed by atoms with van der Waals surface area (Å²) in [6, 6.07) is 13.6. The number of nitrogens with zero attached hydrogens (tertiary/aromatic N) is 4. The summed E-state index contributed by atoms with van der Waals surface area (Å²) in [7, 11) is 0. The van der Waals surface area contributed by atoms with Crippen LogP contribution in [-0.2, 0) is 6.54 Å². The standard InChI is InChI=1S/C19H19ClN4O/c20-16-6-4-15(5-7-16)17-13-22-19(25-17)14-23-9-11-24(12-10-23)18-3-1-2-8-21-18/h1-8,13H,9-12,14H2. The van der Waals surface area contributed by atoms with Crippen LogP contribution in [0.2, 0.25) is 5.02 Å². The minimum Gasteiger partial charge on any atom is -0.439 e. The number of rotatable bonds is 4. The summed E-state index contributed by atoms with van der Waals surface area (Å²) in [6.07, 6.45) is 3.62. The number of hydrogen-bond donors (Lipinski definition) is 0. The number of piperazine rings is 1. The Hall–Kier alpha value is -2.37. The van der Waals surface area contributed by atoms with Crippen LogP contribution in [0.25, 0.3) is 11.3 Å². The van der Waals surface area contributed by atoms with Crippen LogP contribution in [0.5, 0.6) is 0 Å². The Balaban J connectivity index is 1.35. The SMILES string of the molecule is Clc1ccc(-c2cnc(CN3CCN(c4ccccn4)CC3)o2)cc1. The number of oxazole rings is 1. The highest BCUT2D eigenvalue weighted by Gasteiger charge is 2.19. The van der Waals surface area contributed by atoms with Gasteiger partial charge in [-0.15, -0.1) is 0 Å². The van der Waals surface area contributed by atoms with E-state index in [0.29, 0.717) is 5.02 Å². The third kappa shape index (κ3) is 3.83. The molecule has 1 aromatic carbocycles. The van der Waals surface area contributed by atoms with Crippen molar-refractivity contribution in [3.8, 4) is 11.3 Å². The molecule has 3 heterocycles. The van der Waals surface area contributed by atoms with E-state index in [1.165, 1.54) is 0 Å². The van der Waals surface area contributed by atoms with Gasteiger partial charge in [-0.1, -0.05) is 17.7 Å². The molecule has 4 rings (SSSR count). The minimum atomic E-state index is 0.717. The maximum Gasteiger partial charge on any atom is 0.209 e. The van der Waals surface area contributed by atoms with Crippen LogP contribution >= 0.6 is 11.6 Å². The molecule has 0 saturated carbocycles. The van der Waals surface area contributed by atoms with Crippen molar-refractivity contribution in [1.29, 1.82) is 0 Å². The summed E-state index contributed by atoms with van der Waals surface area (Å²) < 4.78 is 5.90. The maximum atomic E-state index is 5.93. The average molecular weight is 355 g/mol. The minimum absolute atomic E-state index is 0.717. The molecule has 5 nitrogen and oxygen atoms in total. The van der Waals surface area contributed by atoms with Crippen LogP contribution in [0, 0.1) is 0 Å². The summed E-state index contributed by atoms with van der Waals surface area (Å²) in [5.41, 5.74) is 0.989.